The topological polar surface area (TPSA) is 41.8 Å². The first-order chi connectivity index (χ1) is 8.68. The third-order valence-electron chi connectivity index (χ3n) is 4.22. The fraction of sp³-hybridized carbons (Fsp3) is 0.429. The van der Waals surface area contributed by atoms with Gasteiger partial charge in [0.05, 0.1) is 5.52 Å². The lowest BCUT2D eigenvalue weighted by Crippen LogP contribution is -2.34. The van der Waals surface area contributed by atoms with Crippen molar-refractivity contribution in [3.05, 3.63) is 35.5 Å². The molecule has 1 fully saturated rings. The number of H-pyrrole nitrogens is 1. The second-order valence-electron chi connectivity index (χ2n) is 5.18. The van der Waals surface area contributed by atoms with Gasteiger partial charge in [-0.3, -0.25) is 0 Å². The predicted molar refractivity (Wildman–Crippen MR) is 67.4 cm³/mol. The molecule has 0 saturated heterocycles. The van der Waals surface area contributed by atoms with Crippen molar-refractivity contribution < 1.29 is 8.78 Å². The quantitative estimate of drug-likeness (QED) is 0.844. The molecule has 96 valence electrons. The molecule has 0 radical (unpaired) electrons. The molecule has 1 aromatic carbocycles. The molecule has 3 N–H and O–H groups in total. The fourth-order valence-electron chi connectivity index (χ4n) is 3.22. The van der Waals surface area contributed by atoms with E-state index in [0.717, 1.165) is 25.7 Å². The Bertz CT molecular complexity index is 583. The van der Waals surface area contributed by atoms with E-state index < -0.39 is 17.0 Å². The van der Waals surface area contributed by atoms with E-state index in [9.17, 15) is 8.78 Å². The first kappa shape index (κ1) is 11.7. The Morgan fingerprint density at radius 1 is 1.28 bits per heavy atom. The van der Waals surface area contributed by atoms with Crippen molar-refractivity contribution in [1.82, 2.24) is 4.98 Å². The Labute approximate surface area is 104 Å². The van der Waals surface area contributed by atoms with Gasteiger partial charge in [0, 0.05) is 29.1 Å². The van der Waals surface area contributed by atoms with E-state index in [4.69, 9.17) is 5.73 Å². The van der Waals surface area contributed by atoms with Crippen LogP contribution in [0.2, 0.25) is 0 Å². The Kier molecular flexibility index (Phi) is 2.63. The second kappa shape index (κ2) is 4.05. The molecule has 0 spiro atoms. The third kappa shape index (κ3) is 1.48. The minimum Gasteiger partial charge on any atom is -0.359 e. The molecule has 1 heterocycles. The van der Waals surface area contributed by atoms with Crippen LogP contribution in [-0.4, -0.2) is 11.5 Å². The van der Waals surface area contributed by atoms with Crippen LogP contribution in [0.4, 0.5) is 8.78 Å². The van der Waals surface area contributed by atoms with Crippen LogP contribution in [0.5, 0.6) is 0 Å². The van der Waals surface area contributed by atoms with Crippen molar-refractivity contribution in [2.24, 2.45) is 5.73 Å². The van der Waals surface area contributed by atoms with Crippen LogP contribution in [-0.2, 0) is 5.41 Å². The van der Waals surface area contributed by atoms with Crippen molar-refractivity contribution in [2.75, 3.05) is 6.54 Å². The lowest BCUT2D eigenvalue weighted by molar-refractivity contribution is 0.403. The number of aromatic amines is 1. The van der Waals surface area contributed by atoms with Crippen molar-refractivity contribution >= 4 is 10.9 Å². The van der Waals surface area contributed by atoms with Crippen LogP contribution in [0.25, 0.3) is 10.9 Å². The summed E-state index contributed by atoms with van der Waals surface area (Å²) in [6.45, 7) is 0.299. The van der Waals surface area contributed by atoms with E-state index in [2.05, 4.69) is 4.98 Å². The Balaban J connectivity index is 2.27. The van der Waals surface area contributed by atoms with E-state index in [1.807, 2.05) is 0 Å². The minimum absolute atomic E-state index is 0.178. The van der Waals surface area contributed by atoms with Gasteiger partial charge in [0.25, 0.3) is 0 Å². The molecule has 2 nitrogen and oxygen atoms in total. The monoisotopic (exact) mass is 250 g/mol. The number of nitrogens with one attached hydrogen (secondary N) is 1. The predicted octanol–water partition coefficient (Wildman–Crippen LogP) is 3.22. The number of nitrogens with two attached hydrogens (primary N) is 1. The molecule has 0 amide bonds. The summed E-state index contributed by atoms with van der Waals surface area (Å²) in [6.07, 6.45) is 5.13. The first-order valence-corrected chi connectivity index (χ1v) is 6.33. The maximum Gasteiger partial charge on any atom is 0.153 e. The highest BCUT2D eigenvalue weighted by Crippen LogP contribution is 2.43. The zero-order valence-corrected chi connectivity index (χ0v) is 10.1. The lowest BCUT2D eigenvalue weighted by Gasteiger charge is -2.28. The van der Waals surface area contributed by atoms with E-state index in [0.29, 0.717) is 17.4 Å². The van der Waals surface area contributed by atoms with E-state index in [1.54, 1.807) is 12.3 Å². The summed E-state index contributed by atoms with van der Waals surface area (Å²) in [6, 6.07) is 3.08. The number of fused-ring (bicyclic) bond motifs is 1. The van der Waals surface area contributed by atoms with Gasteiger partial charge in [-0.25, -0.2) is 8.78 Å². The van der Waals surface area contributed by atoms with Gasteiger partial charge >= 0.3 is 0 Å². The second-order valence-corrected chi connectivity index (χ2v) is 5.18. The molecule has 1 aromatic heterocycles. The van der Waals surface area contributed by atoms with E-state index >= 15 is 0 Å². The summed E-state index contributed by atoms with van der Waals surface area (Å²) in [5.74, 6) is -0.936. The molecule has 18 heavy (non-hydrogen) atoms. The van der Waals surface area contributed by atoms with Gasteiger partial charge in [0.1, 0.15) is 5.82 Å². The van der Waals surface area contributed by atoms with E-state index in [1.165, 1.54) is 6.07 Å². The highest BCUT2D eigenvalue weighted by molar-refractivity contribution is 5.81. The maximum atomic E-state index is 14.5. The average Bonchev–Trinajstić information content (AvgIpc) is 2.98. The third-order valence-corrected chi connectivity index (χ3v) is 4.22. The van der Waals surface area contributed by atoms with Crippen LogP contribution in [0, 0.1) is 11.6 Å². The van der Waals surface area contributed by atoms with Crippen molar-refractivity contribution in [3.8, 4) is 0 Å². The highest BCUT2D eigenvalue weighted by Gasteiger charge is 2.39. The molecule has 0 aliphatic heterocycles. The molecule has 4 heteroatoms. The fourth-order valence-corrected chi connectivity index (χ4v) is 3.22. The number of hydrogen-bond donors (Lipinski definition) is 2. The number of hydrogen-bond acceptors (Lipinski definition) is 1. The Morgan fingerprint density at radius 3 is 2.67 bits per heavy atom. The summed E-state index contributed by atoms with van der Waals surface area (Å²) < 4.78 is 28.8. The SMILES string of the molecule is NCC1(c2c(F)cc3cc[nH]c3c2F)CCCC1. The Hall–Kier alpha value is -1.42. The summed E-state index contributed by atoms with van der Waals surface area (Å²) >= 11 is 0. The average molecular weight is 250 g/mol. The molecular formula is C14H16F2N2. The minimum atomic E-state index is -0.520. The van der Waals surface area contributed by atoms with Crippen LogP contribution < -0.4 is 5.73 Å². The molecule has 0 unspecified atom stereocenters. The van der Waals surface area contributed by atoms with Gasteiger partial charge in [-0.1, -0.05) is 12.8 Å². The van der Waals surface area contributed by atoms with Crippen molar-refractivity contribution in [1.29, 1.82) is 0 Å². The summed E-state index contributed by atoms with van der Waals surface area (Å²) in [5.41, 5.74) is 5.85. The zero-order valence-electron chi connectivity index (χ0n) is 10.1. The van der Waals surface area contributed by atoms with Crippen molar-refractivity contribution in [3.63, 3.8) is 0 Å². The van der Waals surface area contributed by atoms with Gasteiger partial charge < -0.3 is 10.7 Å². The van der Waals surface area contributed by atoms with Gasteiger partial charge in [-0.2, -0.15) is 0 Å². The number of benzene rings is 1. The molecule has 1 aliphatic carbocycles. The van der Waals surface area contributed by atoms with Gasteiger partial charge in [-0.05, 0) is 25.0 Å². The number of aromatic nitrogens is 1. The summed E-state index contributed by atoms with van der Waals surface area (Å²) in [7, 11) is 0. The maximum absolute atomic E-state index is 14.5. The van der Waals surface area contributed by atoms with Gasteiger partial charge in [0.2, 0.25) is 0 Å². The molecular weight excluding hydrogens is 234 g/mol. The molecule has 2 aromatic rings. The number of rotatable bonds is 2. The van der Waals surface area contributed by atoms with Crippen LogP contribution >= 0.6 is 0 Å². The zero-order chi connectivity index (χ0) is 12.8. The summed E-state index contributed by atoms with van der Waals surface area (Å²) in [5, 5.41) is 0.568. The Morgan fingerprint density at radius 2 is 2.00 bits per heavy atom. The van der Waals surface area contributed by atoms with Crippen LogP contribution in [0.1, 0.15) is 31.2 Å². The molecule has 1 aliphatic rings. The summed E-state index contributed by atoms with van der Waals surface area (Å²) in [4.78, 5) is 2.84. The van der Waals surface area contributed by atoms with Crippen LogP contribution in [0.15, 0.2) is 18.3 Å². The van der Waals surface area contributed by atoms with Crippen LogP contribution in [0.3, 0.4) is 0 Å². The van der Waals surface area contributed by atoms with E-state index in [-0.39, 0.29) is 5.56 Å². The van der Waals surface area contributed by atoms with Gasteiger partial charge in [-0.15, -0.1) is 0 Å². The largest absolute Gasteiger partial charge is 0.359 e. The lowest BCUT2D eigenvalue weighted by atomic mass is 9.78. The molecule has 1 saturated carbocycles. The number of halogens is 2. The normalized spacial score (nSPS) is 18.6. The molecule has 0 bridgehead atoms. The van der Waals surface area contributed by atoms with Crippen molar-refractivity contribution in [2.45, 2.75) is 31.1 Å². The smallest absolute Gasteiger partial charge is 0.153 e. The molecule has 0 atom stereocenters. The first-order valence-electron chi connectivity index (χ1n) is 6.33. The highest BCUT2D eigenvalue weighted by atomic mass is 19.1. The molecule has 3 rings (SSSR count). The van der Waals surface area contributed by atoms with Gasteiger partial charge in [0.15, 0.2) is 5.82 Å². The standard InChI is InChI=1S/C14H16F2N2/c15-10-7-9-3-6-18-13(9)12(16)11(10)14(8-17)4-1-2-5-14/h3,6-7,18H,1-2,4-5,8,17H2.